The fourth-order valence-electron chi connectivity index (χ4n) is 2.09. The van der Waals surface area contributed by atoms with Crippen LogP contribution in [0.15, 0.2) is 21.5 Å². The summed E-state index contributed by atoms with van der Waals surface area (Å²) in [6.07, 6.45) is 0.655. The molecule has 1 amide bonds. The van der Waals surface area contributed by atoms with Crippen molar-refractivity contribution in [1.29, 1.82) is 0 Å². The molecule has 1 aromatic carbocycles. The number of primary sulfonamides is 1. The van der Waals surface area contributed by atoms with Crippen molar-refractivity contribution < 1.29 is 22.3 Å². The van der Waals surface area contributed by atoms with Crippen molar-refractivity contribution in [2.24, 2.45) is 5.14 Å². The number of nitrogens with zero attached hydrogens (tertiary/aromatic N) is 1. The van der Waals surface area contributed by atoms with E-state index in [4.69, 9.17) is 9.88 Å². The SMILES string of the molecule is CN(C(=O)c1cc(S(N)(=O)=O)c(Br)cc1F)C1CCOC1. The third kappa shape index (κ3) is 3.42. The molecule has 1 aliphatic rings. The molecule has 116 valence electrons. The molecular weight excluding hydrogens is 367 g/mol. The molecular formula is C12H14BrFN2O4S. The van der Waals surface area contributed by atoms with Crippen LogP contribution in [0.2, 0.25) is 0 Å². The van der Waals surface area contributed by atoms with Crippen molar-refractivity contribution in [3.63, 3.8) is 0 Å². The number of ether oxygens (including phenoxy) is 1. The van der Waals surface area contributed by atoms with Gasteiger partial charge in [0.1, 0.15) is 5.82 Å². The summed E-state index contributed by atoms with van der Waals surface area (Å²) < 4.78 is 42.0. The highest BCUT2D eigenvalue weighted by atomic mass is 79.9. The first-order valence-corrected chi connectivity index (χ1v) is 8.42. The summed E-state index contributed by atoms with van der Waals surface area (Å²) in [7, 11) is -2.53. The van der Waals surface area contributed by atoms with Crippen LogP contribution in [0.5, 0.6) is 0 Å². The molecule has 0 saturated carbocycles. The van der Waals surface area contributed by atoms with Crippen LogP contribution in [0.25, 0.3) is 0 Å². The van der Waals surface area contributed by atoms with E-state index in [1.165, 1.54) is 11.9 Å². The number of rotatable bonds is 3. The van der Waals surface area contributed by atoms with E-state index in [0.29, 0.717) is 19.6 Å². The van der Waals surface area contributed by atoms with Crippen LogP contribution in [0.1, 0.15) is 16.8 Å². The van der Waals surface area contributed by atoms with Gasteiger partial charge in [0.2, 0.25) is 10.0 Å². The van der Waals surface area contributed by atoms with Gasteiger partial charge in [0.25, 0.3) is 5.91 Å². The Labute approximate surface area is 130 Å². The second kappa shape index (κ2) is 5.99. The number of halogens is 2. The summed E-state index contributed by atoms with van der Waals surface area (Å²) in [5.74, 6) is -1.43. The Bertz CT molecular complexity index is 674. The standard InChI is InChI=1S/C12H14BrFN2O4S/c1-16(7-2-3-20-6-7)12(17)8-4-11(21(15,18)19)9(13)5-10(8)14/h4-5,7H,2-3,6H2,1H3,(H2,15,18,19). The molecule has 1 unspecified atom stereocenters. The number of sulfonamides is 1. The first-order valence-electron chi connectivity index (χ1n) is 6.08. The molecule has 2 N–H and O–H groups in total. The summed E-state index contributed by atoms with van der Waals surface area (Å²) >= 11 is 2.93. The number of hydrogen-bond acceptors (Lipinski definition) is 4. The van der Waals surface area contributed by atoms with Crippen molar-refractivity contribution in [3.05, 3.63) is 28.0 Å². The number of nitrogens with two attached hydrogens (primary N) is 1. The van der Waals surface area contributed by atoms with Crippen LogP contribution in [0, 0.1) is 5.82 Å². The lowest BCUT2D eigenvalue weighted by Gasteiger charge is -2.23. The highest BCUT2D eigenvalue weighted by Gasteiger charge is 2.28. The number of benzene rings is 1. The Morgan fingerprint density at radius 3 is 2.71 bits per heavy atom. The van der Waals surface area contributed by atoms with Crippen LogP contribution in [0.4, 0.5) is 4.39 Å². The Kier molecular flexibility index (Phi) is 4.66. The molecule has 1 heterocycles. The van der Waals surface area contributed by atoms with Gasteiger partial charge in [0, 0.05) is 18.1 Å². The number of carbonyl (C=O) groups excluding carboxylic acids is 1. The van der Waals surface area contributed by atoms with Crippen molar-refractivity contribution in [2.45, 2.75) is 17.4 Å². The maximum atomic E-state index is 14.0. The monoisotopic (exact) mass is 380 g/mol. The van der Waals surface area contributed by atoms with E-state index < -0.39 is 21.7 Å². The van der Waals surface area contributed by atoms with Crippen LogP contribution in [-0.4, -0.2) is 45.5 Å². The average Bonchev–Trinajstić information content (AvgIpc) is 2.89. The molecule has 0 bridgehead atoms. The molecule has 0 radical (unpaired) electrons. The lowest BCUT2D eigenvalue weighted by Crippen LogP contribution is -2.37. The second-order valence-corrected chi connectivity index (χ2v) is 7.13. The maximum absolute atomic E-state index is 14.0. The number of carbonyl (C=O) groups is 1. The van der Waals surface area contributed by atoms with E-state index >= 15 is 0 Å². The first kappa shape index (κ1) is 16.3. The lowest BCUT2D eigenvalue weighted by molar-refractivity contribution is 0.0706. The molecule has 1 aromatic rings. The zero-order chi connectivity index (χ0) is 15.8. The van der Waals surface area contributed by atoms with Crippen LogP contribution >= 0.6 is 15.9 Å². The van der Waals surface area contributed by atoms with Gasteiger partial charge in [-0.1, -0.05) is 0 Å². The molecule has 1 fully saturated rings. The van der Waals surface area contributed by atoms with Crippen LogP contribution in [-0.2, 0) is 14.8 Å². The van der Waals surface area contributed by atoms with Gasteiger partial charge in [-0.2, -0.15) is 0 Å². The Morgan fingerprint density at radius 2 is 2.19 bits per heavy atom. The minimum absolute atomic E-state index is 0.0223. The van der Waals surface area contributed by atoms with Crippen molar-refractivity contribution in [2.75, 3.05) is 20.3 Å². The number of likely N-dealkylation sites (N-methyl/N-ethyl adjacent to an activating group) is 1. The van der Waals surface area contributed by atoms with E-state index in [2.05, 4.69) is 15.9 Å². The summed E-state index contributed by atoms with van der Waals surface area (Å²) in [4.78, 5) is 13.3. The third-order valence-corrected chi connectivity index (χ3v) is 5.20. The smallest absolute Gasteiger partial charge is 0.256 e. The molecule has 0 spiro atoms. The van der Waals surface area contributed by atoms with Gasteiger partial charge in [-0.15, -0.1) is 0 Å². The molecule has 6 nitrogen and oxygen atoms in total. The van der Waals surface area contributed by atoms with Crippen LogP contribution < -0.4 is 5.14 Å². The minimum Gasteiger partial charge on any atom is -0.379 e. The Balaban J connectivity index is 2.41. The molecule has 0 aliphatic carbocycles. The van der Waals surface area contributed by atoms with E-state index in [1.807, 2.05) is 0 Å². The van der Waals surface area contributed by atoms with E-state index in [1.54, 1.807) is 0 Å². The van der Waals surface area contributed by atoms with Crippen molar-refractivity contribution in [1.82, 2.24) is 4.90 Å². The van der Waals surface area contributed by atoms with Gasteiger partial charge in [0.15, 0.2) is 0 Å². The molecule has 0 aromatic heterocycles. The fourth-order valence-corrected chi connectivity index (χ4v) is 3.70. The van der Waals surface area contributed by atoms with Gasteiger partial charge < -0.3 is 9.64 Å². The van der Waals surface area contributed by atoms with Crippen molar-refractivity contribution in [3.8, 4) is 0 Å². The van der Waals surface area contributed by atoms with E-state index in [-0.39, 0.29) is 21.0 Å². The lowest BCUT2D eigenvalue weighted by atomic mass is 10.1. The summed E-state index contributed by atoms with van der Waals surface area (Å²) in [5, 5.41) is 5.05. The molecule has 1 aliphatic heterocycles. The zero-order valence-corrected chi connectivity index (χ0v) is 13.6. The molecule has 1 saturated heterocycles. The maximum Gasteiger partial charge on any atom is 0.256 e. The Hall–Kier alpha value is -1.03. The molecule has 9 heteroatoms. The van der Waals surface area contributed by atoms with Gasteiger partial charge in [-0.25, -0.2) is 17.9 Å². The van der Waals surface area contributed by atoms with E-state index in [0.717, 1.165) is 12.1 Å². The average molecular weight is 381 g/mol. The predicted molar refractivity (Wildman–Crippen MR) is 76.8 cm³/mol. The Morgan fingerprint density at radius 1 is 1.52 bits per heavy atom. The molecule has 21 heavy (non-hydrogen) atoms. The summed E-state index contributed by atoms with van der Waals surface area (Å²) in [6, 6.07) is 1.72. The fraction of sp³-hybridized carbons (Fsp3) is 0.417. The quantitative estimate of drug-likeness (QED) is 0.849. The molecule has 1 atom stereocenters. The third-order valence-electron chi connectivity index (χ3n) is 3.33. The van der Waals surface area contributed by atoms with Crippen molar-refractivity contribution >= 4 is 31.9 Å². The highest BCUT2D eigenvalue weighted by Crippen LogP contribution is 2.26. The van der Waals surface area contributed by atoms with E-state index in [9.17, 15) is 17.6 Å². The van der Waals surface area contributed by atoms with Gasteiger partial charge >= 0.3 is 0 Å². The van der Waals surface area contributed by atoms with Gasteiger partial charge in [0.05, 0.1) is 23.1 Å². The highest BCUT2D eigenvalue weighted by molar-refractivity contribution is 9.10. The van der Waals surface area contributed by atoms with Crippen LogP contribution in [0.3, 0.4) is 0 Å². The zero-order valence-electron chi connectivity index (χ0n) is 11.2. The topological polar surface area (TPSA) is 89.7 Å². The second-order valence-electron chi connectivity index (χ2n) is 4.74. The first-order chi connectivity index (χ1) is 9.71. The minimum atomic E-state index is -4.06. The summed E-state index contributed by atoms with van der Waals surface area (Å²) in [5.41, 5.74) is -0.336. The van der Waals surface area contributed by atoms with Gasteiger partial charge in [-0.05, 0) is 34.5 Å². The normalized spacial score (nSPS) is 18.8. The number of hydrogen-bond donors (Lipinski definition) is 1. The number of amides is 1. The predicted octanol–water partition coefficient (Wildman–Crippen LogP) is 1.10. The van der Waals surface area contributed by atoms with Gasteiger partial charge in [-0.3, -0.25) is 4.79 Å². The molecule has 2 rings (SSSR count). The summed E-state index contributed by atoms with van der Waals surface area (Å²) in [6.45, 7) is 0.913. The largest absolute Gasteiger partial charge is 0.379 e.